The van der Waals surface area contributed by atoms with Crippen LogP contribution in [0.4, 0.5) is 13.2 Å². The lowest BCUT2D eigenvalue weighted by Gasteiger charge is -2.12. The molecule has 108 valence electrons. The number of nitrogens with one attached hydrogen (secondary N) is 1. The maximum Gasteiger partial charge on any atom is 0.416 e. The summed E-state index contributed by atoms with van der Waals surface area (Å²) in [5, 5.41) is 0. The number of H-pyrrole nitrogens is 1. The first-order chi connectivity index (χ1) is 10.0. The van der Waals surface area contributed by atoms with Gasteiger partial charge in [-0.3, -0.25) is 0 Å². The van der Waals surface area contributed by atoms with Crippen molar-refractivity contribution >= 4 is 11.0 Å². The maximum absolute atomic E-state index is 13.0. The second kappa shape index (κ2) is 4.76. The Morgan fingerprint density at radius 3 is 2.67 bits per heavy atom. The van der Waals surface area contributed by atoms with Gasteiger partial charge in [0.1, 0.15) is 0 Å². The number of aromatic nitrogens is 3. The van der Waals surface area contributed by atoms with E-state index in [-0.39, 0.29) is 5.88 Å². The third-order valence-corrected chi connectivity index (χ3v) is 3.11. The molecule has 0 atom stereocenters. The normalized spacial score (nSPS) is 11.8. The Morgan fingerprint density at radius 1 is 1.14 bits per heavy atom. The highest BCUT2D eigenvalue weighted by Crippen LogP contribution is 2.38. The Balaban J connectivity index is 2.33. The molecule has 0 aliphatic carbocycles. The lowest BCUT2D eigenvalue weighted by atomic mass is 10.0. The van der Waals surface area contributed by atoms with Crippen LogP contribution in [-0.2, 0) is 6.18 Å². The second-order valence-electron chi connectivity index (χ2n) is 4.38. The van der Waals surface area contributed by atoms with E-state index in [0.717, 1.165) is 12.1 Å². The Labute approximate surface area is 117 Å². The van der Waals surface area contributed by atoms with Crippen LogP contribution >= 0.6 is 0 Å². The molecule has 1 aromatic carbocycles. The molecule has 4 nitrogen and oxygen atoms in total. The molecule has 0 aliphatic rings. The topological polar surface area (TPSA) is 50.8 Å². The van der Waals surface area contributed by atoms with Gasteiger partial charge < -0.3 is 9.72 Å². The number of pyridine rings is 1. The standard InChI is InChI=1S/C14H10F3N3O/c1-21-13-9(3-2-4-18-13)10-5-8(14(15,16)17)6-11-12(10)20-7-19-11/h2-7H,1H3,(H,19,20). The van der Waals surface area contributed by atoms with Crippen LogP contribution in [0.2, 0.25) is 0 Å². The van der Waals surface area contributed by atoms with Gasteiger partial charge in [-0.2, -0.15) is 13.2 Å². The predicted octanol–water partition coefficient (Wildman–Crippen LogP) is 3.65. The number of ether oxygens (including phenoxy) is 1. The molecule has 3 rings (SSSR count). The molecule has 7 heteroatoms. The van der Waals surface area contributed by atoms with E-state index in [1.165, 1.54) is 19.6 Å². The summed E-state index contributed by atoms with van der Waals surface area (Å²) < 4.78 is 44.2. The van der Waals surface area contributed by atoms with Crippen molar-refractivity contribution in [1.29, 1.82) is 0 Å². The zero-order valence-corrected chi connectivity index (χ0v) is 10.9. The number of alkyl halides is 3. The van der Waals surface area contributed by atoms with Gasteiger partial charge in [-0.15, -0.1) is 0 Å². The summed E-state index contributed by atoms with van der Waals surface area (Å²) in [6, 6.07) is 5.38. The molecule has 3 aromatic rings. The molecule has 0 saturated heterocycles. The molecule has 0 bridgehead atoms. The first-order valence-electron chi connectivity index (χ1n) is 6.04. The van der Waals surface area contributed by atoms with Crippen molar-refractivity contribution in [2.75, 3.05) is 7.11 Å². The lowest BCUT2D eigenvalue weighted by Crippen LogP contribution is -2.05. The van der Waals surface area contributed by atoms with Gasteiger partial charge in [-0.05, 0) is 24.3 Å². The maximum atomic E-state index is 13.0. The lowest BCUT2D eigenvalue weighted by molar-refractivity contribution is -0.137. The summed E-state index contributed by atoms with van der Waals surface area (Å²) in [5.41, 5.74) is 0.786. The van der Waals surface area contributed by atoms with E-state index in [0.29, 0.717) is 22.2 Å². The van der Waals surface area contributed by atoms with Crippen molar-refractivity contribution in [3.63, 3.8) is 0 Å². The average molecular weight is 293 g/mol. The molecule has 0 radical (unpaired) electrons. The number of hydrogen-bond donors (Lipinski definition) is 1. The summed E-state index contributed by atoms with van der Waals surface area (Å²) in [6.45, 7) is 0. The van der Waals surface area contributed by atoms with Crippen LogP contribution in [0.5, 0.6) is 5.88 Å². The van der Waals surface area contributed by atoms with Crippen LogP contribution in [0.15, 0.2) is 36.8 Å². The van der Waals surface area contributed by atoms with Gasteiger partial charge in [-0.25, -0.2) is 9.97 Å². The largest absolute Gasteiger partial charge is 0.481 e. The number of benzene rings is 1. The second-order valence-corrected chi connectivity index (χ2v) is 4.38. The first-order valence-corrected chi connectivity index (χ1v) is 6.04. The number of fused-ring (bicyclic) bond motifs is 1. The van der Waals surface area contributed by atoms with Crippen LogP contribution in [-0.4, -0.2) is 22.1 Å². The van der Waals surface area contributed by atoms with Crippen molar-refractivity contribution in [1.82, 2.24) is 15.0 Å². The van der Waals surface area contributed by atoms with E-state index in [9.17, 15) is 13.2 Å². The van der Waals surface area contributed by atoms with Gasteiger partial charge in [0.2, 0.25) is 5.88 Å². The Kier molecular flexibility index (Phi) is 3.04. The Morgan fingerprint density at radius 2 is 1.95 bits per heavy atom. The number of nitrogens with zero attached hydrogens (tertiary/aromatic N) is 2. The number of imidazole rings is 1. The quantitative estimate of drug-likeness (QED) is 0.784. The highest BCUT2D eigenvalue weighted by molar-refractivity contribution is 5.93. The smallest absolute Gasteiger partial charge is 0.416 e. The SMILES string of the molecule is COc1ncccc1-c1cc(C(F)(F)F)cc2[nH]cnc12. The minimum absolute atomic E-state index is 0.251. The van der Waals surface area contributed by atoms with Crippen LogP contribution in [0.25, 0.3) is 22.2 Å². The molecular formula is C14H10F3N3O. The molecule has 0 unspecified atom stereocenters. The summed E-state index contributed by atoms with van der Waals surface area (Å²) in [6.07, 6.45) is -1.57. The van der Waals surface area contributed by atoms with E-state index >= 15 is 0 Å². The minimum Gasteiger partial charge on any atom is -0.481 e. The van der Waals surface area contributed by atoms with Gasteiger partial charge in [0, 0.05) is 17.3 Å². The van der Waals surface area contributed by atoms with Gasteiger partial charge >= 0.3 is 6.18 Å². The zero-order chi connectivity index (χ0) is 15.0. The van der Waals surface area contributed by atoms with Crippen LogP contribution in [0, 0.1) is 0 Å². The first kappa shape index (κ1) is 13.4. The molecule has 0 spiro atoms. The molecule has 1 N–H and O–H groups in total. The highest BCUT2D eigenvalue weighted by atomic mass is 19.4. The van der Waals surface area contributed by atoms with Gasteiger partial charge in [0.05, 0.1) is 30.0 Å². The van der Waals surface area contributed by atoms with Gasteiger partial charge in [0.25, 0.3) is 0 Å². The van der Waals surface area contributed by atoms with Crippen molar-refractivity contribution in [2.24, 2.45) is 0 Å². The Bertz CT molecular complexity index is 796. The summed E-state index contributed by atoms with van der Waals surface area (Å²) in [7, 11) is 1.42. The van der Waals surface area contributed by atoms with Crippen LogP contribution in [0.3, 0.4) is 0 Å². The Hall–Kier alpha value is -2.57. The van der Waals surface area contributed by atoms with Crippen LogP contribution < -0.4 is 4.74 Å². The number of methoxy groups -OCH3 is 1. The van der Waals surface area contributed by atoms with Crippen molar-refractivity contribution < 1.29 is 17.9 Å². The fourth-order valence-electron chi connectivity index (χ4n) is 2.18. The average Bonchev–Trinajstić information content (AvgIpc) is 2.93. The summed E-state index contributed by atoms with van der Waals surface area (Å²) in [4.78, 5) is 10.8. The van der Waals surface area contributed by atoms with Crippen molar-refractivity contribution in [3.05, 3.63) is 42.4 Å². The van der Waals surface area contributed by atoms with E-state index in [4.69, 9.17) is 4.74 Å². The molecule has 2 aromatic heterocycles. The van der Waals surface area contributed by atoms with Crippen LogP contribution in [0.1, 0.15) is 5.56 Å². The van der Waals surface area contributed by atoms with Crippen molar-refractivity contribution in [2.45, 2.75) is 6.18 Å². The molecule has 0 saturated carbocycles. The molecule has 0 amide bonds. The zero-order valence-electron chi connectivity index (χ0n) is 10.9. The number of rotatable bonds is 2. The van der Waals surface area contributed by atoms with E-state index < -0.39 is 11.7 Å². The van der Waals surface area contributed by atoms with Gasteiger partial charge in [-0.1, -0.05) is 0 Å². The van der Waals surface area contributed by atoms with Crippen molar-refractivity contribution in [3.8, 4) is 17.0 Å². The predicted molar refractivity (Wildman–Crippen MR) is 70.9 cm³/mol. The third-order valence-electron chi connectivity index (χ3n) is 3.11. The highest BCUT2D eigenvalue weighted by Gasteiger charge is 2.32. The molecule has 2 heterocycles. The van der Waals surface area contributed by atoms with Gasteiger partial charge in [0.15, 0.2) is 0 Å². The summed E-state index contributed by atoms with van der Waals surface area (Å²) >= 11 is 0. The van der Waals surface area contributed by atoms with E-state index in [1.54, 1.807) is 12.1 Å². The minimum atomic E-state index is -4.44. The fraction of sp³-hybridized carbons (Fsp3) is 0.143. The molecular weight excluding hydrogens is 283 g/mol. The fourth-order valence-corrected chi connectivity index (χ4v) is 2.18. The number of aromatic amines is 1. The van der Waals surface area contributed by atoms with E-state index in [2.05, 4.69) is 15.0 Å². The summed E-state index contributed by atoms with van der Waals surface area (Å²) in [5.74, 6) is 0.251. The number of hydrogen-bond acceptors (Lipinski definition) is 3. The number of halogens is 3. The molecule has 21 heavy (non-hydrogen) atoms. The third kappa shape index (κ3) is 2.31. The van der Waals surface area contributed by atoms with E-state index in [1.807, 2.05) is 0 Å². The molecule has 0 fully saturated rings. The molecule has 0 aliphatic heterocycles. The monoisotopic (exact) mass is 293 g/mol.